The summed E-state index contributed by atoms with van der Waals surface area (Å²) in [6.07, 6.45) is 3.28. The summed E-state index contributed by atoms with van der Waals surface area (Å²) in [5.41, 5.74) is 1.53. The first-order valence-corrected chi connectivity index (χ1v) is 12.4. The molecule has 10 heteroatoms. The topological polar surface area (TPSA) is 87.4 Å². The SMILES string of the molecule is CCCCn1c(NCc2ccc(F)cc2)c(/C=C2/SC(=S)N(CCOC)C2=O)c(C)c(C#N)c1=O. The average Bonchev–Trinajstić information content (AvgIpc) is 3.11. The van der Waals surface area contributed by atoms with Crippen LogP contribution in [0.1, 0.15) is 42.0 Å². The minimum absolute atomic E-state index is 0.0366. The normalized spacial score (nSPS) is 14.6. The fourth-order valence-corrected chi connectivity index (χ4v) is 4.97. The molecule has 1 aliphatic heterocycles. The summed E-state index contributed by atoms with van der Waals surface area (Å²) in [5.74, 6) is -0.0730. The first-order chi connectivity index (χ1) is 16.8. The van der Waals surface area contributed by atoms with Gasteiger partial charge in [0.25, 0.3) is 11.5 Å². The number of aromatic nitrogens is 1. The zero-order chi connectivity index (χ0) is 25.5. The van der Waals surface area contributed by atoms with Crippen LogP contribution in [0, 0.1) is 24.1 Å². The maximum atomic E-state index is 13.4. The van der Waals surface area contributed by atoms with E-state index in [0.717, 1.165) is 18.4 Å². The van der Waals surface area contributed by atoms with Crippen molar-refractivity contribution in [1.82, 2.24) is 9.47 Å². The number of amides is 1. The number of benzene rings is 1. The second kappa shape index (κ2) is 12.1. The third-order valence-corrected chi connectivity index (χ3v) is 7.03. The largest absolute Gasteiger partial charge is 0.383 e. The van der Waals surface area contributed by atoms with E-state index >= 15 is 0 Å². The van der Waals surface area contributed by atoms with Crippen molar-refractivity contribution >= 4 is 46.1 Å². The van der Waals surface area contributed by atoms with Crippen molar-refractivity contribution in [3.8, 4) is 6.07 Å². The van der Waals surface area contributed by atoms with E-state index in [2.05, 4.69) is 5.32 Å². The predicted molar refractivity (Wildman–Crippen MR) is 141 cm³/mol. The van der Waals surface area contributed by atoms with E-state index in [1.807, 2.05) is 13.0 Å². The molecule has 1 aromatic heterocycles. The average molecular weight is 515 g/mol. The van der Waals surface area contributed by atoms with Crippen LogP contribution in [-0.4, -0.2) is 40.0 Å². The van der Waals surface area contributed by atoms with Gasteiger partial charge in [-0.25, -0.2) is 4.39 Å². The van der Waals surface area contributed by atoms with Gasteiger partial charge in [0.2, 0.25) is 0 Å². The molecule has 1 aromatic carbocycles. The molecule has 1 amide bonds. The maximum absolute atomic E-state index is 13.4. The molecule has 2 heterocycles. The molecule has 0 bridgehead atoms. The van der Waals surface area contributed by atoms with Crippen LogP contribution in [0.2, 0.25) is 0 Å². The highest BCUT2D eigenvalue weighted by atomic mass is 32.2. The number of thiocarbonyl (C=S) groups is 1. The monoisotopic (exact) mass is 514 g/mol. The molecular formula is C25H27FN4O3S2. The minimum Gasteiger partial charge on any atom is -0.383 e. The molecule has 3 rings (SSSR count). The summed E-state index contributed by atoms with van der Waals surface area (Å²) in [6.45, 7) is 5.14. The van der Waals surface area contributed by atoms with Crippen LogP contribution in [0.25, 0.3) is 6.08 Å². The highest BCUT2D eigenvalue weighted by Gasteiger charge is 2.32. The van der Waals surface area contributed by atoms with Gasteiger partial charge in [0.05, 0.1) is 18.1 Å². The van der Waals surface area contributed by atoms with Crippen molar-refractivity contribution in [2.24, 2.45) is 0 Å². The van der Waals surface area contributed by atoms with Gasteiger partial charge in [-0.3, -0.25) is 19.1 Å². The molecule has 35 heavy (non-hydrogen) atoms. The Balaban J connectivity index is 2.12. The number of ether oxygens (including phenoxy) is 1. The quantitative estimate of drug-likeness (QED) is 0.371. The molecule has 0 radical (unpaired) electrons. The van der Waals surface area contributed by atoms with Crippen LogP contribution < -0.4 is 10.9 Å². The lowest BCUT2D eigenvalue weighted by molar-refractivity contribution is -0.122. The van der Waals surface area contributed by atoms with Crippen LogP contribution >= 0.6 is 24.0 Å². The number of carbonyl (C=O) groups excluding carboxylic acids is 1. The summed E-state index contributed by atoms with van der Waals surface area (Å²) in [6, 6.07) is 8.10. The van der Waals surface area contributed by atoms with Gasteiger partial charge in [0, 0.05) is 25.8 Å². The number of nitrogens with one attached hydrogen (secondary N) is 1. The van der Waals surface area contributed by atoms with Crippen molar-refractivity contribution < 1.29 is 13.9 Å². The fourth-order valence-electron chi connectivity index (χ4n) is 3.68. The van der Waals surface area contributed by atoms with Crippen molar-refractivity contribution in [1.29, 1.82) is 5.26 Å². The summed E-state index contributed by atoms with van der Waals surface area (Å²) in [7, 11) is 1.55. The summed E-state index contributed by atoms with van der Waals surface area (Å²) < 4.78 is 20.4. The second-order valence-corrected chi connectivity index (χ2v) is 9.67. The zero-order valence-corrected chi connectivity index (χ0v) is 21.5. The van der Waals surface area contributed by atoms with Crippen LogP contribution in [-0.2, 0) is 22.6 Å². The van der Waals surface area contributed by atoms with Gasteiger partial charge in [0.15, 0.2) is 0 Å². The van der Waals surface area contributed by atoms with Gasteiger partial charge in [-0.05, 0) is 42.7 Å². The van der Waals surface area contributed by atoms with Gasteiger partial charge in [-0.1, -0.05) is 49.5 Å². The van der Waals surface area contributed by atoms with Crippen LogP contribution in [0.3, 0.4) is 0 Å². The van der Waals surface area contributed by atoms with E-state index in [0.29, 0.717) is 52.4 Å². The van der Waals surface area contributed by atoms with Crippen molar-refractivity contribution in [2.45, 2.75) is 39.8 Å². The van der Waals surface area contributed by atoms with E-state index in [9.17, 15) is 19.2 Å². The number of rotatable bonds is 10. The lowest BCUT2D eigenvalue weighted by atomic mass is 10.0. The Bertz CT molecular complexity index is 1250. The van der Waals surface area contributed by atoms with Crippen molar-refractivity contribution in [3.63, 3.8) is 0 Å². The van der Waals surface area contributed by atoms with Crippen LogP contribution in [0.4, 0.5) is 10.2 Å². The van der Waals surface area contributed by atoms with E-state index in [4.69, 9.17) is 17.0 Å². The van der Waals surface area contributed by atoms with Crippen LogP contribution in [0.15, 0.2) is 34.0 Å². The van der Waals surface area contributed by atoms with Crippen LogP contribution in [0.5, 0.6) is 0 Å². The number of methoxy groups -OCH3 is 1. The number of halogens is 1. The third-order valence-electron chi connectivity index (χ3n) is 5.65. The van der Waals surface area contributed by atoms with Crippen molar-refractivity contribution in [2.75, 3.05) is 25.6 Å². The van der Waals surface area contributed by atoms with Gasteiger partial charge in [-0.15, -0.1) is 0 Å². The Morgan fingerprint density at radius 3 is 2.60 bits per heavy atom. The van der Waals surface area contributed by atoms with E-state index in [-0.39, 0.29) is 22.8 Å². The predicted octanol–water partition coefficient (Wildman–Crippen LogP) is 4.43. The molecule has 0 saturated carbocycles. The van der Waals surface area contributed by atoms with E-state index in [1.54, 1.807) is 36.8 Å². The van der Waals surface area contributed by atoms with Gasteiger partial charge in [0.1, 0.15) is 27.6 Å². The molecular weight excluding hydrogens is 487 g/mol. The lowest BCUT2D eigenvalue weighted by Crippen LogP contribution is -2.31. The Kier molecular flexibility index (Phi) is 9.20. The van der Waals surface area contributed by atoms with Gasteiger partial charge >= 0.3 is 0 Å². The number of thioether (sulfide) groups is 1. The molecule has 184 valence electrons. The van der Waals surface area contributed by atoms with E-state index < -0.39 is 0 Å². The zero-order valence-electron chi connectivity index (χ0n) is 19.9. The first-order valence-electron chi connectivity index (χ1n) is 11.2. The number of nitriles is 1. The Morgan fingerprint density at radius 2 is 1.97 bits per heavy atom. The Morgan fingerprint density at radius 1 is 1.26 bits per heavy atom. The second-order valence-electron chi connectivity index (χ2n) is 7.99. The summed E-state index contributed by atoms with van der Waals surface area (Å²) >= 11 is 6.56. The number of hydrogen-bond acceptors (Lipinski definition) is 7. The van der Waals surface area contributed by atoms with Gasteiger partial charge < -0.3 is 10.1 Å². The smallest absolute Gasteiger partial charge is 0.270 e. The number of anilines is 1. The van der Waals surface area contributed by atoms with Gasteiger partial charge in [-0.2, -0.15) is 5.26 Å². The molecule has 2 aromatic rings. The maximum Gasteiger partial charge on any atom is 0.270 e. The number of unbranched alkanes of at least 4 members (excludes halogenated alkanes) is 1. The number of carbonyl (C=O) groups is 1. The molecule has 1 aliphatic rings. The molecule has 0 atom stereocenters. The molecule has 1 fully saturated rings. The Labute approximate surface area is 213 Å². The molecule has 0 unspecified atom stereocenters. The lowest BCUT2D eigenvalue weighted by Gasteiger charge is -2.20. The first kappa shape index (κ1) is 26.6. The molecule has 7 nitrogen and oxygen atoms in total. The van der Waals surface area contributed by atoms with Crippen molar-refractivity contribution in [3.05, 3.63) is 67.6 Å². The molecule has 0 spiro atoms. The fraction of sp³-hybridized carbons (Fsp3) is 0.360. The summed E-state index contributed by atoms with van der Waals surface area (Å²) in [5, 5.41) is 13.0. The Hall–Kier alpha value is -3.00. The molecule has 1 N–H and O–H groups in total. The number of hydrogen-bond donors (Lipinski definition) is 1. The summed E-state index contributed by atoms with van der Waals surface area (Å²) in [4.78, 5) is 28.1. The number of pyridine rings is 1. The number of nitrogens with zero attached hydrogens (tertiary/aromatic N) is 3. The standard InChI is InChI=1S/C25H27FN4O3S2/c1-4-5-10-29-22(28-15-17-6-8-18(26)9-7-17)19(16(2)20(14-27)23(29)31)13-21-24(32)30(11-12-33-3)25(34)35-21/h6-9,13,28H,4-5,10-12,15H2,1-3H3/b21-13+. The highest BCUT2D eigenvalue weighted by Crippen LogP contribution is 2.35. The third kappa shape index (κ3) is 5.99. The highest BCUT2D eigenvalue weighted by molar-refractivity contribution is 8.26. The minimum atomic E-state index is -0.384. The molecule has 0 aliphatic carbocycles. The molecule has 1 saturated heterocycles. The van der Waals surface area contributed by atoms with E-state index in [1.165, 1.54) is 28.8 Å².